The van der Waals surface area contributed by atoms with Gasteiger partial charge >= 0.3 is 0 Å². The van der Waals surface area contributed by atoms with E-state index in [-0.39, 0.29) is 12.5 Å². The third-order valence-electron chi connectivity index (χ3n) is 3.73. The van der Waals surface area contributed by atoms with Crippen molar-refractivity contribution in [2.75, 3.05) is 18.6 Å². The van der Waals surface area contributed by atoms with Crippen LogP contribution in [0.1, 0.15) is 10.5 Å². The molecule has 3 rings (SSSR count). The fraction of sp³-hybridized carbons (Fsp3) is 0.105. The number of nitrogens with one attached hydrogen (secondary N) is 1. The maximum atomic E-state index is 14.0. The quantitative estimate of drug-likeness (QED) is 0.661. The van der Waals surface area contributed by atoms with Gasteiger partial charge in [-0.3, -0.25) is 4.79 Å². The average Bonchev–Trinajstić information content (AvgIpc) is 3.03. The van der Waals surface area contributed by atoms with Gasteiger partial charge in [0.15, 0.2) is 0 Å². The van der Waals surface area contributed by atoms with Gasteiger partial charge in [0, 0.05) is 22.6 Å². The van der Waals surface area contributed by atoms with Crippen molar-refractivity contribution < 1.29 is 13.9 Å². The molecule has 0 atom stereocenters. The first kappa shape index (κ1) is 17.1. The van der Waals surface area contributed by atoms with Crippen LogP contribution in [0.2, 0.25) is 0 Å². The summed E-state index contributed by atoms with van der Waals surface area (Å²) in [6, 6.07) is 11.6. The van der Waals surface area contributed by atoms with Gasteiger partial charge in [0.05, 0.1) is 5.52 Å². The van der Waals surface area contributed by atoms with Crippen molar-refractivity contribution in [2.24, 2.45) is 0 Å². The Morgan fingerprint density at radius 2 is 2.04 bits per heavy atom. The molecule has 0 spiro atoms. The second-order valence-corrected chi connectivity index (χ2v) is 6.30. The number of hydrogen-bond acceptors (Lipinski definition) is 2. The maximum Gasteiger partial charge on any atom is 0.274 e. The molecule has 3 aromatic rings. The molecule has 0 fully saturated rings. The molecule has 0 unspecified atom stereocenters. The molecule has 0 aliphatic carbocycles. The molecule has 6 heteroatoms. The third-order valence-corrected chi connectivity index (χ3v) is 4.19. The Morgan fingerprint density at radius 3 is 2.72 bits per heavy atom. The molecule has 126 valence electrons. The average molecular weight is 401 g/mol. The van der Waals surface area contributed by atoms with Crippen LogP contribution >= 0.6 is 15.9 Å². The van der Waals surface area contributed by atoms with Crippen LogP contribution in [0.15, 0.2) is 46.9 Å². The Labute approximate surface area is 152 Å². The highest BCUT2D eigenvalue weighted by molar-refractivity contribution is 9.10. The van der Waals surface area contributed by atoms with Crippen LogP contribution in [0.4, 0.5) is 10.1 Å². The molecule has 25 heavy (non-hydrogen) atoms. The van der Waals surface area contributed by atoms with Crippen molar-refractivity contribution in [2.45, 2.75) is 0 Å². The Bertz CT molecular complexity index is 973. The molecule has 0 aliphatic heterocycles. The van der Waals surface area contributed by atoms with Crippen LogP contribution < -0.4 is 9.64 Å². The minimum atomic E-state index is -0.391. The topological polar surface area (TPSA) is 45.3 Å². The number of aromatic amines is 1. The van der Waals surface area contributed by atoms with Crippen molar-refractivity contribution in [1.82, 2.24) is 4.98 Å². The minimum Gasteiger partial charge on any atom is -0.481 e. The highest BCUT2D eigenvalue weighted by atomic mass is 79.9. The summed E-state index contributed by atoms with van der Waals surface area (Å²) < 4.78 is 19.9. The van der Waals surface area contributed by atoms with Crippen LogP contribution in [0.3, 0.4) is 0 Å². The van der Waals surface area contributed by atoms with Gasteiger partial charge in [-0.25, -0.2) is 4.39 Å². The number of nitrogens with zero attached hydrogens (tertiary/aromatic N) is 1. The van der Waals surface area contributed by atoms with E-state index in [1.807, 2.05) is 0 Å². The summed E-state index contributed by atoms with van der Waals surface area (Å²) in [6.07, 6.45) is 5.15. The van der Waals surface area contributed by atoms with E-state index in [0.29, 0.717) is 32.5 Å². The number of benzene rings is 2. The molecule has 1 amide bonds. The van der Waals surface area contributed by atoms with E-state index in [9.17, 15) is 9.18 Å². The lowest BCUT2D eigenvalue weighted by Crippen LogP contribution is -2.26. The summed E-state index contributed by atoms with van der Waals surface area (Å²) >= 11 is 3.24. The zero-order valence-corrected chi connectivity index (χ0v) is 14.9. The summed E-state index contributed by atoms with van der Waals surface area (Å²) in [5, 5.41) is 0.373. The Kier molecular flexibility index (Phi) is 4.77. The number of anilines is 1. The van der Waals surface area contributed by atoms with Gasteiger partial charge in [0.25, 0.3) is 5.91 Å². The second kappa shape index (κ2) is 6.99. The number of rotatable bonds is 4. The summed E-state index contributed by atoms with van der Waals surface area (Å²) in [4.78, 5) is 17.1. The molecule has 0 saturated carbocycles. The third kappa shape index (κ3) is 3.52. The van der Waals surface area contributed by atoms with Crippen molar-refractivity contribution in [3.63, 3.8) is 0 Å². The molecule has 0 bridgehead atoms. The second-order valence-electron chi connectivity index (χ2n) is 5.38. The minimum absolute atomic E-state index is 0.185. The van der Waals surface area contributed by atoms with E-state index < -0.39 is 5.82 Å². The zero-order valence-electron chi connectivity index (χ0n) is 13.3. The SMILES string of the molecule is C#CCOc1ccc(N(C)C(=O)c2cc3c(F)cc(Br)cc3[nH]2)cc1. The van der Waals surface area contributed by atoms with Crippen molar-refractivity contribution >= 4 is 38.4 Å². The highest BCUT2D eigenvalue weighted by Crippen LogP contribution is 2.26. The number of halogens is 2. The van der Waals surface area contributed by atoms with Crippen molar-refractivity contribution in [3.05, 3.63) is 58.4 Å². The Morgan fingerprint density at radius 1 is 1.32 bits per heavy atom. The van der Waals surface area contributed by atoms with Crippen molar-refractivity contribution in [1.29, 1.82) is 0 Å². The molecular weight excluding hydrogens is 387 g/mol. The fourth-order valence-corrected chi connectivity index (χ4v) is 2.89. The molecular formula is C19H14BrFN2O2. The maximum absolute atomic E-state index is 14.0. The molecule has 0 saturated heterocycles. The van der Waals surface area contributed by atoms with Gasteiger partial charge in [0.1, 0.15) is 23.9 Å². The monoisotopic (exact) mass is 400 g/mol. The first-order valence-electron chi connectivity index (χ1n) is 7.41. The summed E-state index contributed by atoms with van der Waals surface area (Å²) in [6.45, 7) is 0.185. The number of H-pyrrole nitrogens is 1. The number of terminal acetylenes is 1. The molecule has 4 nitrogen and oxygen atoms in total. The summed E-state index contributed by atoms with van der Waals surface area (Å²) in [7, 11) is 1.65. The lowest BCUT2D eigenvalue weighted by atomic mass is 10.2. The van der Waals surface area contributed by atoms with Crippen LogP contribution in [0.5, 0.6) is 5.75 Å². The zero-order chi connectivity index (χ0) is 18.0. The first-order valence-corrected chi connectivity index (χ1v) is 8.21. The summed E-state index contributed by atoms with van der Waals surface area (Å²) in [5.41, 5.74) is 1.54. The van der Waals surface area contributed by atoms with Gasteiger partial charge < -0.3 is 14.6 Å². The van der Waals surface area contributed by atoms with Crippen molar-refractivity contribution in [3.8, 4) is 18.1 Å². The standard InChI is InChI=1S/C19H14BrFN2O2/c1-3-8-25-14-6-4-13(5-7-14)23(2)19(24)18-11-15-16(21)9-12(20)10-17(15)22-18/h1,4-7,9-11,22H,8H2,2H3. The van der Waals surface area contributed by atoms with Crippen LogP contribution in [-0.2, 0) is 0 Å². The number of ether oxygens (including phenoxy) is 1. The van der Waals surface area contributed by atoms with Crippen LogP contribution in [0, 0.1) is 18.2 Å². The number of amides is 1. The highest BCUT2D eigenvalue weighted by Gasteiger charge is 2.17. The van der Waals surface area contributed by atoms with Gasteiger partial charge in [0.2, 0.25) is 0 Å². The normalized spacial score (nSPS) is 10.5. The van der Waals surface area contributed by atoms with E-state index in [1.165, 1.54) is 17.0 Å². The first-order chi connectivity index (χ1) is 12.0. The molecule has 0 radical (unpaired) electrons. The van der Waals surface area contributed by atoms with E-state index in [2.05, 4.69) is 26.8 Å². The van der Waals surface area contributed by atoms with Crippen LogP contribution in [0.25, 0.3) is 10.9 Å². The fourth-order valence-electron chi connectivity index (χ4n) is 2.46. The van der Waals surface area contributed by atoms with Gasteiger partial charge in [-0.15, -0.1) is 6.42 Å². The number of aromatic nitrogens is 1. The van der Waals surface area contributed by atoms with E-state index in [1.54, 1.807) is 37.4 Å². The van der Waals surface area contributed by atoms with E-state index in [4.69, 9.17) is 11.2 Å². The Hall–Kier alpha value is -2.78. The summed E-state index contributed by atoms with van der Waals surface area (Å²) in [5.74, 6) is 2.35. The van der Waals surface area contributed by atoms with Gasteiger partial charge in [-0.2, -0.15) is 0 Å². The largest absolute Gasteiger partial charge is 0.481 e. The lowest BCUT2D eigenvalue weighted by Gasteiger charge is -2.16. The lowest BCUT2D eigenvalue weighted by molar-refractivity contribution is 0.0989. The molecule has 1 aromatic heterocycles. The Balaban J connectivity index is 1.85. The van der Waals surface area contributed by atoms with E-state index in [0.717, 1.165) is 0 Å². The molecule has 1 N–H and O–H groups in total. The number of hydrogen-bond donors (Lipinski definition) is 1. The number of carbonyl (C=O) groups excluding carboxylic acids is 1. The number of carbonyl (C=O) groups is 1. The predicted molar refractivity (Wildman–Crippen MR) is 99.5 cm³/mol. The van der Waals surface area contributed by atoms with Crippen LogP contribution in [-0.4, -0.2) is 24.5 Å². The smallest absolute Gasteiger partial charge is 0.274 e. The van der Waals surface area contributed by atoms with Gasteiger partial charge in [-0.05, 0) is 42.5 Å². The molecule has 2 aromatic carbocycles. The van der Waals surface area contributed by atoms with E-state index >= 15 is 0 Å². The molecule has 0 aliphatic rings. The number of fused-ring (bicyclic) bond motifs is 1. The predicted octanol–water partition coefficient (Wildman–Crippen LogP) is 4.36. The van der Waals surface area contributed by atoms with Gasteiger partial charge in [-0.1, -0.05) is 21.9 Å². The molecule has 1 heterocycles.